The molecule has 6 N–H and O–H groups in total. The summed E-state index contributed by atoms with van der Waals surface area (Å²) in [5, 5.41) is 24.2. The Morgan fingerprint density at radius 2 is 2.08 bits per heavy atom. The summed E-state index contributed by atoms with van der Waals surface area (Å²) >= 11 is 0. The predicted octanol–water partition coefficient (Wildman–Crippen LogP) is 1.29. The second kappa shape index (κ2) is 6.90. The zero-order chi connectivity index (χ0) is 16.9. The maximum absolute atomic E-state index is 7.46. The molecule has 3 aromatic rings. The van der Waals surface area contributed by atoms with Gasteiger partial charge < -0.3 is 16.4 Å². The fraction of sp³-hybridized carbons (Fsp3) is 0.267. The van der Waals surface area contributed by atoms with E-state index in [1.165, 1.54) is 0 Å². The fourth-order valence-electron chi connectivity index (χ4n) is 2.42. The molecule has 1 aromatic carbocycles. The normalized spacial score (nSPS) is 12.0. The Bertz CT molecular complexity index is 827. The summed E-state index contributed by atoms with van der Waals surface area (Å²) in [7, 11) is 0. The quantitative estimate of drug-likeness (QED) is 0.339. The monoisotopic (exact) mass is 325 g/mol. The second-order valence-electron chi connectivity index (χ2n) is 5.30. The van der Waals surface area contributed by atoms with Gasteiger partial charge in [-0.15, -0.1) is 5.10 Å². The van der Waals surface area contributed by atoms with Gasteiger partial charge in [-0.05, 0) is 12.0 Å². The van der Waals surface area contributed by atoms with Crippen LogP contribution in [0.3, 0.4) is 0 Å². The summed E-state index contributed by atoms with van der Waals surface area (Å²) in [4.78, 5) is 8.94. The first-order valence-electron chi connectivity index (χ1n) is 7.64. The standard InChI is InChI=1S/C15H19N9/c1-2-10(19-14(16)17)11-12-13(23-24-22-12)21-15(20-11)18-8-9-6-4-3-5-7-9/h3-7,10H,2,8H2,1H3,(H4,16,17,19)(H2,18,20,21,22,23,24). The van der Waals surface area contributed by atoms with Crippen LogP contribution in [0.2, 0.25) is 0 Å². The van der Waals surface area contributed by atoms with E-state index in [0.717, 1.165) is 5.56 Å². The number of nitrogens with zero attached hydrogens (tertiary/aromatic N) is 4. The Morgan fingerprint density at radius 3 is 2.79 bits per heavy atom. The van der Waals surface area contributed by atoms with Crippen LogP contribution in [0.25, 0.3) is 11.2 Å². The second-order valence-corrected chi connectivity index (χ2v) is 5.30. The average molecular weight is 325 g/mol. The highest BCUT2D eigenvalue weighted by Gasteiger charge is 2.19. The minimum Gasteiger partial charge on any atom is -0.370 e. The first-order valence-corrected chi connectivity index (χ1v) is 7.64. The summed E-state index contributed by atoms with van der Waals surface area (Å²) in [6.07, 6.45) is 0.691. The molecule has 9 nitrogen and oxygen atoms in total. The molecular formula is C15H19N9. The third kappa shape index (κ3) is 3.40. The van der Waals surface area contributed by atoms with Gasteiger partial charge >= 0.3 is 0 Å². The number of guanidine groups is 1. The van der Waals surface area contributed by atoms with Crippen molar-refractivity contribution in [3.8, 4) is 0 Å². The van der Waals surface area contributed by atoms with Crippen molar-refractivity contribution in [2.24, 2.45) is 5.73 Å². The number of H-pyrrole nitrogens is 1. The van der Waals surface area contributed by atoms with Crippen molar-refractivity contribution in [2.45, 2.75) is 25.9 Å². The van der Waals surface area contributed by atoms with E-state index in [4.69, 9.17) is 11.1 Å². The van der Waals surface area contributed by atoms with Gasteiger partial charge in [0, 0.05) is 6.54 Å². The molecule has 3 rings (SSSR count). The maximum Gasteiger partial charge on any atom is 0.225 e. The average Bonchev–Trinajstić information content (AvgIpc) is 3.06. The number of anilines is 1. The highest BCUT2D eigenvalue weighted by molar-refractivity contribution is 5.77. The van der Waals surface area contributed by atoms with E-state index in [2.05, 4.69) is 36.0 Å². The molecule has 0 saturated carbocycles. The minimum atomic E-state index is -0.240. The van der Waals surface area contributed by atoms with Crippen LogP contribution in [0.15, 0.2) is 30.3 Å². The number of benzene rings is 1. The van der Waals surface area contributed by atoms with Crippen molar-refractivity contribution in [1.29, 1.82) is 5.41 Å². The Kier molecular flexibility index (Phi) is 4.50. The number of fused-ring (bicyclic) bond motifs is 1. The van der Waals surface area contributed by atoms with Gasteiger partial charge in [0.25, 0.3) is 0 Å². The van der Waals surface area contributed by atoms with Gasteiger partial charge in [0.1, 0.15) is 0 Å². The lowest BCUT2D eigenvalue weighted by Gasteiger charge is -2.17. The van der Waals surface area contributed by atoms with Crippen molar-refractivity contribution >= 4 is 23.1 Å². The molecule has 0 amide bonds. The van der Waals surface area contributed by atoms with E-state index in [9.17, 15) is 0 Å². The Balaban J connectivity index is 1.90. The highest BCUT2D eigenvalue weighted by Crippen LogP contribution is 2.22. The third-order valence-corrected chi connectivity index (χ3v) is 3.58. The highest BCUT2D eigenvalue weighted by atomic mass is 15.4. The molecule has 0 radical (unpaired) electrons. The predicted molar refractivity (Wildman–Crippen MR) is 91.3 cm³/mol. The van der Waals surface area contributed by atoms with E-state index in [1.54, 1.807) is 0 Å². The smallest absolute Gasteiger partial charge is 0.225 e. The van der Waals surface area contributed by atoms with Gasteiger partial charge in [-0.25, -0.2) is 10.1 Å². The molecule has 0 spiro atoms. The zero-order valence-electron chi connectivity index (χ0n) is 13.2. The van der Waals surface area contributed by atoms with E-state index in [1.807, 2.05) is 37.3 Å². The Hall–Kier alpha value is -3.23. The number of aromatic nitrogens is 5. The summed E-state index contributed by atoms with van der Waals surface area (Å²) in [6, 6.07) is 9.74. The lowest BCUT2D eigenvalue weighted by Crippen LogP contribution is -2.34. The Labute approximate surface area is 138 Å². The van der Waals surface area contributed by atoms with Gasteiger partial charge in [0.2, 0.25) is 5.95 Å². The molecule has 124 valence electrons. The van der Waals surface area contributed by atoms with Crippen molar-refractivity contribution in [3.05, 3.63) is 41.6 Å². The summed E-state index contributed by atoms with van der Waals surface area (Å²) < 4.78 is 0. The summed E-state index contributed by atoms with van der Waals surface area (Å²) in [5.74, 6) is 0.354. The summed E-state index contributed by atoms with van der Waals surface area (Å²) in [5.41, 5.74) is 8.36. The lowest BCUT2D eigenvalue weighted by molar-refractivity contribution is 0.605. The largest absolute Gasteiger partial charge is 0.370 e. The molecule has 2 aromatic heterocycles. The van der Waals surface area contributed by atoms with Crippen LogP contribution in [0.1, 0.15) is 30.6 Å². The van der Waals surface area contributed by atoms with Crippen LogP contribution in [0.4, 0.5) is 5.95 Å². The van der Waals surface area contributed by atoms with Crippen LogP contribution in [0.5, 0.6) is 0 Å². The van der Waals surface area contributed by atoms with Crippen LogP contribution in [0, 0.1) is 5.41 Å². The summed E-state index contributed by atoms with van der Waals surface area (Å²) in [6.45, 7) is 2.58. The number of rotatable bonds is 6. The van der Waals surface area contributed by atoms with Crippen LogP contribution >= 0.6 is 0 Å². The molecule has 9 heteroatoms. The Morgan fingerprint density at radius 1 is 1.29 bits per heavy atom. The van der Waals surface area contributed by atoms with Crippen molar-refractivity contribution in [3.63, 3.8) is 0 Å². The molecule has 0 bridgehead atoms. The van der Waals surface area contributed by atoms with Crippen molar-refractivity contribution < 1.29 is 0 Å². The van der Waals surface area contributed by atoms with Gasteiger partial charge in [-0.2, -0.15) is 4.98 Å². The van der Waals surface area contributed by atoms with Crippen molar-refractivity contribution in [2.75, 3.05) is 5.32 Å². The maximum atomic E-state index is 7.46. The van der Waals surface area contributed by atoms with E-state index < -0.39 is 0 Å². The van der Waals surface area contributed by atoms with Crippen LogP contribution in [-0.2, 0) is 6.54 Å². The number of nitrogens with two attached hydrogens (primary N) is 1. The molecule has 1 unspecified atom stereocenters. The number of nitrogens with one attached hydrogen (secondary N) is 4. The molecule has 0 fully saturated rings. The van der Waals surface area contributed by atoms with Crippen LogP contribution in [-0.4, -0.2) is 31.3 Å². The van der Waals surface area contributed by atoms with E-state index >= 15 is 0 Å². The fourth-order valence-corrected chi connectivity index (χ4v) is 2.42. The molecule has 0 aliphatic rings. The zero-order valence-corrected chi connectivity index (χ0v) is 13.2. The number of hydrogen-bond donors (Lipinski definition) is 5. The molecular weight excluding hydrogens is 306 g/mol. The number of hydrogen-bond acceptors (Lipinski definition) is 6. The van der Waals surface area contributed by atoms with E-state index in [-0.39, 0.29) is 12.0 Å². The molecule has 0 aliphatic carbocycles. The molecule has 2 heterocycles. The minimum absolute atomic E-state index is 0.115. The van der Waals surface area contributed by atoms with Gasteiger partial charge in [0.05, 0.1) is 11.7 Å². The van der Waals surface area contributed by atoms with E-state index in [0.29, 0.717) is 35.8 Å². The van der Waals surface area contributed by atoms with Gasteiger partial charge in [0.15, 0.2) is 17.1 Å². The lowest BCUT2D eigenvalue weighted by atomic mass is 10.1. The van der Waals surface area contributed by atoms with Gasteiger partial charge in [-0.3, -0.25) is 5.41 Å². The molecule has 0 aliphatic heterocycles. The first-order chi connectivity index (χ1) is 11.7. The van der Waals surface area contributed by atoms with Crippen LogP contribution < -0.4 is 16.4 Å². The topological polar surface area (TPSA) is 141 Å². The van der Waals surface area contributed by atoms with Crippen molar-refractivity contribution in [1.82, 2.24) is 30.7 Å². The number of aromatic amines is 1. The first kappa shape index (κ1) is 15.7. The SMILES string of the molecule is CCC(NC(=N)N)c1nc(NCc2ccccc2)nc2[nH]nnc12. The molecule has 0 saturated heterocycles. The third-order valence-electron chi connectivity index (χ3n) is 3.58. The molecule has 24 heavy (non-hydrogen) atoms. The molecule has 1 atom stereocenters. The van der Waals surface area contributed by atoms with Gasteiger partial charge in [-0.1, -0.05) is 42.5 Å².